The van der Waals surface area contributed by atoms with E-state index >= 15 is 0 Å². The van der Waals surface area contributed by atoms with Gasteiger partial charge in [-0.3, -0.25) is 9.35 Å². The SMILES string of the molecule is O=C1C(S(=O)(=O)O)CC(O)N1C1CC2CC3CCC1C(C3)C2. The molecule has 1 amide bonds. The van der Waals surface area contributed by atoms with Crippen molar-refractivity contribution < 1.29 is 22.9 Å². The third-order valence-electron chi connectivity index (χ3n) is 6.51. The molecule has 3 saturated carbocycles. The molecule has 4 aliphatic rings. The summed E-state index contributed by atoms with van der Waals surface area (Å²) in [6.07, 6.45) is 5.49. The van der Waals surface area contributed by atoms with E-state index in [4.69, 9.17) is 0 Å². The van der Waals surface area contributed by atoms with Gasteiger partial charge in [-0.15, -0.1) is 0 Å². The lowest BCUT2D eigenvalue weighted by molar-refractivity contribution is -0.145. The number of likely N-dealkylation sites (tertiary alicyclic amines) is 1. The molecule has 2 N–H and O–H groups in total. The number of rotatable bonds is 2. The first-order chi connectivity index (χ1) is 10.3. The van der Waals surface area contributed by atoms with Crippen LogP contribution in [-0.2, 0) is 14.9 Å². The normalized spacial score (nSPS) is 48.0. The molecule has 3 aliphatic carbocycles. The van der Waals surface area contributed by atoms with Crippen LogP contribution in [0.15, 0.2) is 0 Å². The van der Waals surface area contributed by atoms with Gasteiger partial charge in [0.2, 0.25) is 5.91 Å². The minimum absolute atomic E-state index is 0.0563. The Hall–Kier alpha value is -0.660. The molecule has 1 aliphatic heterocycles. The molecule has 7 unspecified atom stereocenters. The number of carbonyl (C=O) groups excluding carboxylic acids is 1. The van der Waals surface area contributed by atoms with Crippen LogP contribution in [0.3, 0.4) is 0 Å². The molecule has 0 radical (unpaired) electrons. The zero-order valence-corrected chi connectivity index (χ0v) is 13.3. The third-order valence-corrected chi connectivity index (χ3v) is 7.63. The van der Waals surface area contributed by atoms with Gasteiger partial charge in [0, 0.05) is 12.5 Å². The van der Waals surface area contributed by atoms with Crippen LogP contribution in [0, 0.1) is 23.7 Å². The quantitative estimate of drug-likeness (QED) is 0.737. The van der Waals surface area contributed by atoms with Crippen molar-refractivity contribution in [2.24, 2.45) is 23.7 Å². The van der Waals surface area contributed by atoms with Gasteiger partial charge in [0.05, 0.1) is 0 Å². The Morgan fingerprint density at radius 2 is 1.73 bits per heavy atom. The summed E-state index contributed by atoms with van der Waals surface area (Å²) in [6, 6.07) is -0.0563. The molecule has 0 aromatic carbocycles. The highest BCUT2D eigenvalue weighted by Gasteiger charge is 2.54. The molecule has 7 atom stereocenters. The molecule has 4 rings (SSSR count). The smallest absolute Gasteiger partial charge is 0.277 e. The van der Waals surface area contributed by atoms with Gasteiger partial charge in [-0.1, -0.05) is 6.42 Å². The largest absolute Gasteiger partial charge is 0.373 e. The highest BCUT2D eigenvalue weighted by molar-refractivity contribution is 7.87. The third kappa shape index (κ3) is 2.20. The number of carbonyl (C=O) groups is 1. The van der Waals surface area contributed by atoms with Gasteiger partial charge < -0.3 is 10.0 Å². The van der Waals surface area contributed by atoms with Crippen molar-refractivity contribution in [3.63, 3.8) is 0 Å². The fourth-order valence-corrected chi connectivity index (χ4v) is 6.55. The van der Waals surface area contributed by atoms with E-state index in [-0.39, 0.29) is 12.5 Å². The van der Waals surface area contributed by atoms with E-state index in [0.29, 0.717) is 17.8 Å². The summed E-state index contributed by atoms with van der Waals surface area (Å²) in [6.45, 7) is 0. The Bertz CT molecular complexity index is 585. The van der Waals surface area contributed by atoms with Gasteiger partial charge in [0.1, 0.15) is 6.23 Å². The monoisotopic (exact) mass is 329 g/mol. The maximum Gasteiger partial charge on any atom is 0.277 e. The van der Waals surface area contributed by atoms with E-state index in [1.54, 1.807) is 0 Å². The number of hydrogen-bond donors (Lipinski definition) is 2. The summed E-state index contributed by atoms with van der Waals surface area (Å²) in [7, 11) is -4.44. The van der Waals surface area contributed by atoms with Crippen molar-refractivity contribution in [2.75, 3.05) is 0 Å². The van der Waals surface area contributed by atoms with Crippen molar-refractivity contribution in [1.29, 1.82) is 0 Å². The van der Waals surface area contributed by atoms with Crippen LogP contribution in [0.25, 0.3) is 0 Å². The van der Waals surface area contributed by atoms with Gasteiger partial charge in [-0.2, -0.15) is 8.42 Å². The lowest BCUT2D eigenvalue weighted by Gasteiger charge is -2.54. The second-order valence-electron chi connectivity index (χ2n) is 7.71. The van der Waals surface area contributed by atoms with Crippen LogP contribution in [-0.4, -0.2) is 46.4 Å². The van der Waals surface area contributed by atoms with E-state index in [1.165, 1.54) is 30.6 Å². The molecule has 22 heavy (non-hydrogen) atoms. The van der Waals surface area contributed by atoms with Crippen LogP contribution in [0.5, 0.6) is 0 Å². The maximum atomic E-state index is 12.5. The topological polar surface area (TPSA) is 94.9 Å². The summed E-state index contributed by atoms with van der Waals surface area (Å²) in [5.41, 5.74) is 0. The fraction of sp³-hybridized carbons (Fsp3) is 0.933. The predicted octanol–water partition coefficient (Wildman–Crippen LogP) is 1.01. The zero-order valence-electron chi connectivity index (χ0n) is 12.5. The molecule has 3 bridgehead atoms. The number of amides is 1. The average Bonchev–Trinajstić information content (AvgIpc) is 2.71. The number of aliphatic hydroxyl groups excluding tert-OH is 1. The Morgan fingerprint density at radius 3 is 2.41 bits per heavy atom. The van der Waals surface area contributed by atoms with Crippen LogP contribution in [0.2, 0.25) is 0 Å². The zero-order chi connectivity index (χ0) is 15.6. The van der Waals surface area contributed by atoms with Crippen molar-refractivity contribution in [3.05, 3.63) is 0 Å². The Kier molecular flexibility index (Phi) is 3.33. The first-order valence-corrected chi connectivity index (χ1v) is 9.81. The van der Waals surface area contributed by atoms with Gasteiger partial charge in [-0.05, 0) is 55.8 Å². The Labute approximate surface area is 130 Å². The van der Waals surface area contributed by atoms with E-state index < -0.39 is 27.5 Å². The molecule has 4 fully saturated rings. The summed E-state index contributed by atoms with van der Waals surface area (Å²) in [4.78, 5) is 13.9. The van der Waals surface area contributed by atoms with Gasteiger partial charge >= 0.3 is 0 Å². The number of hydrogen-bond acceptors (Lipinski definition) is 4. The Balaban J connectivity index is 1.62. The molecule has 1 heterocycles. The average molecular weight is 329 g/mol. The second kappa shape index (κ2) is 4.92. The predicted molar refractivity (Wildman–Crippen MR) is 78.3 cm³/mol. The van der Waals surface area contributed by atoms with E-state index in [0.717, 1.165) is 18.8 Å². The summed E-state index contributed by atoms with van der Waals surface area (Å²) in [5.74, 6) is 1.80. The lowest BCUT2D eigenvalue weighted by Crippen LogP contribution is -2.55. The van der Waals surface area contributed by atoms with E-state index in [2.05, 4.69) is 0 Å². The molecule has 0 aromatic rings. The van der Waals surface area contributed by atoms with Gasteiger partial charge in [0.25, 0.3) is 10.1 Å². The number of nitrogens with zero attached hydrogens (tertiary/aromatic N) is 1. The minimum atomic E-state index is -4.44. The van der Waals surface area contributed by atoms with Crippen LogP contribution >= 0.6 is 0 Å². The maximum absolute atomic E-state index is 12.5. The van der Waals surface area contributed by atoms with Gasteiger partial charge in [-0.25, -0.2) is 0 Å². The molecular weight excluding hydrogens is 306 g/mol. The van der Waals surface area contributed by atoms with Crippen molar-refractivity contribution in [3.8, 4) is 0 Å². The van der Waals surface area contributed by atoms with Crippen molar-refractivity contribution >= 4 is 16.0 Å². The number of aliphatic hydroxyl groups is 1. The molecular formula is C15H23NO5S. The summed E-state index contributed by atoms with van der Waals surface area (Å²) < 4.78 is 32.0. The first-order valence-electron chi connectivity index (χ1n) is 8.31. The van der Waals surface area contributed by atoms with E-state index in [9.17, 15) is 22.9 Å². The standard InChI is InChI=1S/C15H23NO5S/c17-14-7-13(22(19,20)21)15(18)16(14)12-6-9-3-8-1-2-11(12)10(4-8)5-9/h8-14,17H,1-7H2,(H,19,20,21). The molecule has 0 spiro atoms. The first kappa shape index (κ1) is 14.9. The van der Waals surface area contributed by atoms with Gasteiger partial charge in [0.15, 0.2) is 5.25 Å². The van der Waals surface area contributed by atoms with Crippen molar-refractivity contribution in [2.45, 2.75) is 62.5 Å². The molecule has 7 heteroatoms. The summed E-state index contributed by atoms with van der Waals surface area (Å²) in [5, 5.41) is 8.78. The molecule has 1 saturated heterocycles. The summed E-state index contributed by atoms with van der Waals surface area (Å²) >= 11 is 0. The van der Waals surface area contributed by atoms with Crippen molar-refractivity contribution in [1.82, 2.24) is 4.90 Å². The van der Waals surface area contributed by atoms with Crippen LogP contribution < -0.4 is 0 Å². The Morgan fingerprint density at radius 1 is 1.00 bits per heavy atom. The highest BCUT2D eigenvalue weighted by atomic mass is 32.2. The minimum Gasteiger partial charge on any atom is -0.373 e. The number of fused-ring (bicyclic) bond motifs is 2. The molecule has 6 nitrogen and oxygen atoms in total. The lowest BCUT2D eigenvalue weighted by atomic mass is 9.56. The second-order valence-corrected chi connectivity index (χ2v) is 9.31. The van der Waals surface area contributed by atoms with E-state index in [1.807, 2.05) is 0 Å². The van der Waals surface area contributed by atoms with Crippen LogP contribution in [0.1, 0.15) is 44.9 Å². The molecule has 0 aromatic heterocycles. The van der Waals surface area contributed by atoms with Crippen LogP contribution in [0.4, 0.5) is 0 Å². The fourth-order valence-electron chi connectivity index (χ4n) is 5.75. The highest BCUT2D eigenvalue weighted by Crippen LogP contribution is 2.54. The molecule has 124 valence electrons.